The van der Waals surface area contributed by atoms with Crippen LogP contribution in [0.25, 0.3) is 32.7 Å². The molecule has 0 saturated heterocycles. The molecule has 0 bridgehead atoms. The van der Waals surface area contributed by atoms with E-state index in [4.69, 9.17) is 15.5 Å². The number of nitrogens with one attached hydrogen (secondary N) is 1. The molecule has 0 radical (unpaired) electrons. The third kappa shape index (κ3) is 5.76. The van der Waals surface area contributed by atoms with Crippen LogP contribution in [0.3, 0.4) is 0 Å². The molecule has 250 valence electrons. The fourth-order valence-corrected chi connectivity index (χ4v) is 16.7. The van der Waals surface area contributed by atoms with Gasteiger partial charge in [-0.3, -0.25) is 0 Å². The predicted octanol–water partition coefficient (Wildman–Crippen LogP) is 10.8. The molecule has 3 nitrogen and oxygen atoms in total. The van der Waals surface area contributed by atoms with Crippen molar-refractivity contribution in [3.63, 3.8) is 0 Å². The van der Waals surface area contributed by atoms with Gasteiger partial charge in [0, 0.05) is 0 Å². The van der Waals surface area contributed by atoms with E-state index < -0.39 is 15.3 Å². The van der Waals surface area contributed by atoms with Crippen molar-refractivity contribution < 1.29 is 8.42 Å². The van der Waals surface area contributed by atoms with Crippen molar-refractivity contribution in [2.24, 2.45) is 0 Å². The van der Waals surface area contributed by atoms with Crippen molar-refractivity contribution in [3.05, 3.63) is 200 Å². The van der Waals surface area contributed by atoms with Gasteiger partial charge in [-0.25, -0.2) is 0 Å². The molecule has 1 N–H and O–H groups in total. The first-order valence-corrected chi connectivity index (χ1v) is 22.8. The Hall–Kier alpha value is -5.06. The van der Waals surface area contributed by atoms with E-state index in [2.05, 4.69) is 144 Å². The molecule has 0 aliphatic rings. The van der Waals surface area contributed by atoms with Crippen LogP contribution in [0.1, 0.15) is 5.56 Å². The van der Waals surface area contributed by atoms with Gasteiger partial charge in [0.1, 0.15) is 0 Å². The summed E-state index contributed by atoms with van der Waals surface area (Å²) in [5.41, 5.74) is 3.55. The molecule has 0 aliphatic heterocycles. The molecule has 0 fully saturated rings. The van der Waals surface area contributed by atoms with E-state index in [1.165, 1.54) is 16.2 Å². The van der Waals surface area contributed by atoms with E-state index in [1.54, 1.807) is 24.3 Å². The van der Waals surface area contributed by atoms with Crippen LogP contribution in [0.4, 0.5) is 5.69 Å². The molecule has 0 aromatic heterocycles. The number of hydrogen-bond acceptors (Lipinski definition) is 2. The third-order valence-electron chi connectivity index (χ3n) is 9.80. The van der Waals surface area contributed by atoms with E-state index >= 15 is 0 Å². The summed E-state index contributed by atoms with van der Waals surface area (Å²) < 4.78 is 31.3. The van der Waals surface area contributed by atoms with Crippen LogP contribution in [0.15, 0.2) is 199 Å². The van der Waals surface area contributed by atoms with Crippen LogP contribution in [0.2, 0.25) is 0 Å². The maximum absolute atomic E-state index is 14.1. The van der Waals surface area contributed by atoms with Crippen LogP contribution in [-0.4, -0.2) is 8.42 Å². The molecule has 51 heavy (non-hydrogen) atoms. The molecular weight excluding hydrogens is 729 g/mol. The number of fused-ring (bicyclic) bond motifs is 2. The SMILES string of the molecule is O=S(=O)(Nc1ccc2ccccc2c1-c1c(P(Br)(Cc2ccccc2)(c2ccccc2)c2ccccc2)ccc2ccccc12)c1ccccc1. The zero-order valence-electron chi connectivity index (χ0n) is 27.7. The Kier molecular flexibility index (Phi) is 8.60. The molecule has 0 amide bonds. The number of hydrogen-bond donors (Lipinski definition) is 1. The van der Waals surface area contributed by atoms with Crippen LogP contribution in [0.5, 0.6) is 0 Å². The molecule has 8 aromatic carbocycles. The second-order valence-corrected chi connectivity index (χ2v) is 23.4. The van der Waals surface area contributed by atoms with Crippen molar-refractivity contribution in [2.75, 3.05) is 4.72 Å². The molecule has 8 rings (SSSR count). The van der Waals surface area contributed by atoms with Crippen LogP contribution < -0.4 is 20.6 Å². The van der Waals surface area contributed by atoms with Gasteiger partial charge in [0.15, 0.2) is 0 Å². The first-order chi connectivity index (χ1) is 24.9. The standard InChI is InChI=1S/C45H35BrNO2PS/c46-50(37-21-7-2-8-22-37,38-23-9-3-10-24-38,33-34-17-5-1-6-18-34)43-32-30-36-20-14-16-28-41(36)45(43)44-40-27-15-13-19-35(40)29-31-42(44)47-51(48,49)39-25-11-4-12-26-39/h1-32,47H,33H2. The summed E-state index contributed by atoms with van der Waals surface area (Å²) in [5, 5.41) is 3.93. The fraction of sp³-hybridized carbons (Fsp3) is 0.0222. The summed E-state index contributed by atoms with van der Waals surface area (Å²) in [4.78, 5) is 0.208. The van der Waals surface area contributed by atoms with Gasteiger partial charge in [-0.1, -0.05) is 0 Å². The predicted molar refractivity (Wildman–Crippen MR) is 222 cm³/mol. The van der Waals surface area contributed by atoms with Crippen molar-refractivity contribution in [1.82, 2.24) is 0 Å². The van der Waals surface area contributed by atoms with Crippen molar-refractivity contribution in [3.8, 4) is 11.1 Å². The molecule has 0 atom stereocenters. The summed E-state index contributed by atoms with van der Waals surface area (Å²) in [5.74, 6) is 0. The monoisotopic (exact) mass is 763 g/mol. The van der Waals surface area contributed by atoms with Gasteiger partial charge in [0.2, 0.25) is 0 Å². The summed E-state index contributed by atoms with van der Waals surface area (Å²) in [7, 11) is -3.93. The normalized spacial score (nSPS) is 12.7. The molecule has 0 saturated carbocycles. The average molecular weight is 765 g/mol. The fourth-order valence-electron chi connectivity index (χ4n) is 7.44. The van der Waals surface area contributed by atoms with Crippen LogP contribution in [0, 0.1) is 0 Å². The Morgan fingerprint density at radius 2 is 0.922 bits per heavy atom. The van der Waals surface area contributed by atoms with Gasteiger partial charge < -0.3 is 0 Å². The average Bonchev–Trinajstić information content (AvgIpc) is 3.19. The van der Waals surface area contributed by atoms with E-state index in [0.29, 0.717) is 11.8 Å². The molecule has 8 aromatic rings. The maximum atomic E-state index is 14.1. The van der Waals surface area contributed by atoms with Crippen molar-refractivity contribution >= 4 is 74.0 Å². The van der Waals surface area contributed by atoms with Gasteiger partial charge >= 0.3 is 309 Å². The quantitative estimate of drug-likeness (QED) is 0.149. The van der Waals surface area contributed by atoms with Crippen LogP contribution >= 0.6 is 20.8 Å². The molecule has 0 unspecified atom stereocenters. The number of benzene rings is 8. The number of anilines is 1. The van der Waals surface area contributed by atoms with E-state index in [0.717, 1.165) is 38.0 Å². The zero-order chi connectivity index (χ0) is 34.9. The van der Waals surface area contributed by atoms with Gasteiger partial charge in [-0.05, 0) is 0 Å². The zero-order valence-corrected chi connectivity index (χ0v) is 31.0. The molecule has 0 spiro atoms. The minimum absolute atomic E-state index is 0.208. The number of rotatable bonds is 9. The summed E-state index contributed by atoms with van der Waals surface area (Å²) in [6.45, 7) is 0. The summed E-state index contributed by atoms with van der Waals surface area (Å²) in [6, 6.07) is 65.8. The molecule has 6 heteroatoms. The van der Waals surface area contributed by atoms with Crippen molar-refractivity contribution in [1.29, 1.82) is 0 Å². The number of sulfonamides is 1. The minimum atomic E-state index is -3.93. The number of halogens is 1. The second kappa shape index (κ2) is 13.2. The second-order valence-electron chi connectivity index (χ2n) is 12.8. The van der Waals surface area contributed by atoms with Crippen LogP contribution in [-0.2, 0) is 16.2 Å². The van der Waals surface area contributed by atoms with Crippen molar-refractivity contribution in [2.45, 2.75) is 11.1 Å². The molecule has 0 heterocycles. The van der Waals surface area contributed by atoms with Gasteiger partial charge in [-0.2, -0.15) is 0 Å². The van der Waals surface area contributed by atoms with E-state index in [1.807, 2.05) is 30.3 Å². The van der Waals surface area contributed by atoms with Gasteiger partial charge in [0.05, 0.1) is 0 Å². The third-order valence-corrected chi connectivity index (χ3v) is 20.6. The summed E-state index contributed by atoms with van der Waals surface area (Å²) >= 11 is 4.77. The van der Waals surface area contributed by atoms with E-state index in [9.17, 15) is 8.42 Å². The Labute approximate surface area is 307 Å². The Morgan fingerprint density at radius 3 is 1.49 bits per heavy atom. The molecular formula is C45H35BrNO2PS. The Balaban J connectivity index is 1.56. The summed E-state index contributed by atoms with van der Waals surface area (Å²) in [6.07, 6.45) is 0.696. The van der Waals surface area contributed by atoms with E-state index in [-0.39, 0.29) is 4.90 Å². The molecule has 0 aliphatic carbocycles. The topological polar surface area (TPSA) is 46.2 Å². The first kappa shape index (κ1) is 33.1. The van der Waals surface area contributed by atoms with Gasteiger partial charge in [-0.15, -0.1) is 0 Å². The Morgan fingerprint density at radius 1 is 0.471 bits per heavy atom. The Bertz CT molecular complexity index is 2580. The first-order valence-electron chi connectivity index (χ1n) is 16.9. The van der Waals surface area contributed by atoms with Gasteiger partial charge in [0.25, 0.3) is 0 Å².